The van der Waals surface area contributed by atoms with Gasteiger partial charge in [-0.25, -0.2) is 4.79 Å². The average molecular weight is 272 g/mol. The van der Waals surface area contributed by atoms with Crippen LogP contribution in [0.1, 0.15) is 33.6 Å². The molecule has 0 bridgehead atoms. The first-order chi connectivity index (χ1) is 8.61. The molecule has 0 aromatic carbocycles. The largest absolute Gasteiger partial charge is 0.481 e. The molecule has 0 saturated carbocycles. The van der Waals surface area contributed by atoms with Crippen LogP contribution in [0.2, 0.25) is 0 Å². The number of aliphatic hydroxyl groups is 1. The van der Waals surface area contributed by atoms with Gasteiger partial charge in [-0.1, -0.05) is 0 Å². The Bertz CT molecular complexity index is 351. The normalized spacial score (nSPS) is 24.2. The van der Waals surface area contributed by atoms with E-state index in [1.165, 1.54) is 4.90 Å². The predicted molar refractivity (Wildman–Crippen MR) is 70.9 cm³/mol. The van der Waals surface area contributed by atoms with Crippen molar-refractivity contribution in [3.05, 3.63) is 0 Å². The Morgan fingerprint density at radius 1 is 1.42 bits per heavy atom. The number of nitrogens with zero attached hydrogens (tertiary/aromatic N) is 2. The summed E-state index contributed by atoms with van der Waals surface area (Å²) in [6.07, 6.45) is 0.971. The van der Waals surface area contributed by atoms with Gasteiger partial charge in [0.05, 0.1) is 18.1 Å². The fourth-order valence-electron chi connectivity index (χ4n) is 2.55. The Balaban J connectivity index is 2.61. The zero-order chi connectivity index (χ0) is 14.8. The van der Waals surface area contributed by atoms with Crippen LogP contribution >= 0.6 is 0 Å². The quantitative estimate of drug-likeness (QED) is 0.803. The second-order valence-electron chi connectivity index (χ2n) is 6.05. The third kappa shape index (κ3) is 4.38. The molecule has 1 fully saturated rings. The molecule has 6 heteroatoms. The van der Waals surface area contributed by atoms with Crippen molar-refractivity contribution in [3.8, 4) is 0 Å². The van der Waals surface area contributed by atoms with E-state index < -0.39 is 11.6 Å². The Kier molecular flexibility index (Phi) is 4.79. The zero-order valence-corrected chi connectivity index (χ0v) is 12.1. The SMILES string of the molecule is CC1CC(C(=O)O)CCN1C(=O)N(C)CC(C)(C)O. The number of carboxylic acid groups (broad SMARTS) is 1. The second kappa shape index (κ2) is 5.77. The first-order valence-electron chi connectivity index (χ1n) is 6.58. The standard InChI is InChI=1S/C13H24N2O4/c1-9-7-10(11(16)17)5-6-15(9)12(18)14(4)8-13(2,3)19/h9-10,19H,5-8H2,1-4H3,(H,16,17). The highest BCUT2D eigenvalue weighted by Crippen LogP contribution is 2.24. The molecule has 2 atom stereocenters. The number of amides is 2. The number of urea groups is 1. The molecule has 2 N–H and O–H groups in total. The highest BCUT2D eigenvalue weighted by Gasteiger charge is 2.34. The molecule has 1 aliphatic heterocycles. The number of likely N-dealkylation sites (tertiary alicyclic amines) is 1. The monoisotopic (exact) mass is 272 g/mol. The molecule has 0 spiro atoms. The number of rotatable bonds is 3. The minimum atomic E-state index is -0.937. The molecule has 19 heavy (non-hydrogen) atoms. The van der Waals surface area contributed by atoms with E-state index in [0.29, 0.717) is 19.4 Å². The van der Waals surface area contributed by atoms with Crippen molar-refractivity contribution in [2.24, 2.45) is 5.92 Å². The van der Waals surface area contributed by atoms with Gasteiger partial charge in [0.1, 0.15) is 0 Å². The maximum atomic E-state index is 12.3. The molecule has 0 aromatic heterocycles. The summed E-state index contributed by atoms with van der Waals surface area (Å²) in [7, 11) is 1.65. The summed E-state index contributed by atoms with van der Waals surface area (Å²) in [5.41, 5.74) is -0.937. The Hall–Kier alpha value is -1.30. The summed E-state index contributed by atoms with van der Waals surface area (Å²) < 4.78 is 0. The van der Waals surface area contributed by atoms with Crippen LogP contribution in [0.3, 0.4) is 0 Å². The molecule has 1 saturated heterocycles. The van der Waals surface area contributed by atoms with Crippen LogP contribution in [0, 0.1) is 5.92 Å². The number of carbonyl (C=O) groups is 2. The fraction of sp³-hybridized carbons (Fsp3) is 0.846. The highest BCUT2D eigenvalue weighted by atomic mass is 16.4. The lowest BCUT2D eigenvalue weighted by Crippen LogP contribution is -2.52. The van der Waals surface area contributed by atoms with Gasteiger partial charge in [-0.15, -0.1) is 0 Å². The fourth-order valence-corrected chi connectivity index (χ4v) is 2.55. The van der Waals surface area contributed by atoms with Gasteiger partial charge in [0.2, 0.25) is 0 Å². The lowest BCUT2D eigenvalue weighted by Gasteiger charge is -2.39. The van der Waals surface area contributed by atoms with Crippen molar-refractivity contribution in [1.82, 2.24) is 9.80 Å². The van der Waals surface area contributed by atoms with E-state index in [2.05, 4.69) is 0 Å². The summed E-state index contributed by atoms with van der Waals surface area (Å²) in [6.45, 7) is 5.86. The molecule has 1 heterocycles. The average Bonchev–Trinajstić information content (AvgIpc) is 2.25. The maximum absolute atomic E-state index is 12.3. The minimum absolute atomic E-state index is 0.0911. The summed E-state index contributed by atoms with van der Waals surface area (Å²) >= 11 is 0. The van der Waals surface area contributed by atoms with Crippen molar-refractivity contribution >= 4 is 12.0 Å². The van der Waals surface area contributed by atoms with Crippen molar-refractivity contribution in [3.63, 3.8) is 0 Å². The lowest BCUT2D eigenvalue weighted by atomic mass is 9.92. The Labute approximate surface area is 114 Å². The summed E-state index contributed by atoms with van der Waals surface area (Å²) in [4.78, 5) is 26.4. The number of aliphatic carboxylic acids is 1. The van der Waals surface area contributed by atoms with Crippen LogP contribution in [-0.4, -0.2) is 63.8 Å². The van der Waals surface area contributed by atoms with Gasteiger partial charge >= 0.3 is 12.0 Å². The smallest absolute Gasteiger partial charge is 0.320 e. The number of hydrogen-bond acceptors (Lipinski definition) is 3. The van der Waals surface area contributed by atoms with E-state index in [4.69, 9.17) is 5.11 Å². The zero-order valence-electron chi connectivity index (χ0n) is 12.1. The summed E-state index contributed by atoms with van der Waals surface area (Å²) in [6, 6.07) is -0.245. The molecule has 1 rings (SSSR count). The number of piperidine rings is 1. The van der Waals surface area contributed by atoms with Crippen LogP contribution in [0.15, 0.2) is 0 Å². The highest BCUT2D eigenvalue weighted by molar-refractivity contribution is 5.75. The van der Waals surface area contributed by atoms with Crippen LogP contribution in [0.4, 0.5) is 4.79 Å². The van der Waals surface area contributed by atoms with Crippen molar-refractivity contribution in [2.75, 3.05) is 20.1 Å². The molecule has 2 amide bonds. The summed E-state index contributed by atoms with van der Waals surface area (Å²) in [5, 5.41) is 18.7. The molecule has 2 unspecified atom stereocenters. The van der Waals surface area contributed by atoms with E-state index in [9.17, 15) is 14.7 Å². The number of hydrogen-bond donors (Lipinski definition) is 2. The minimum Gasteiger partial charge on any atom is -0.481 e. The Morgan fingerprint density at radius 2 is 2.00 bits per heavy atom. The van der Waals surface area contributed by atoms with Gasteiger partial charge in [0.25, 0.3) is 0 Å². The van der Waals surface area contributed by atoms with Crippen molar-refractivity contribution < 1.29 is 19.8 Å². The third-order valence-electron chi connectivity index (χ3n) is 3.42. The molecular weight excluding hydrogens is 248 g/mol. The third-order valence-corrected chi connectivity index (χ3v) is 3.42. The first-order valence-corrected chi connectivity index (χ1v) is 6.58. The second-order valence-corrected chi connectivity index (χ2v) is 6.05. The van der Waals surface area contributed by atoms with E-state index in [0.717, 1.165) is 0 Å². The van der Waals surface area contributed by atoms with E-state index in [1.54, 1.807) is 25.8 Å². The van der Waals surface area contributed by atoms with Crippen LogP contribution in [-0.2, 0) is 4.79 Å². The number of carbonyl (C=O) groups excluding carboxylic acids is 1. The van der Waals surface area contributed by atoms with Gasteiger partial charge in [-0.3, -0.25) is 4.79 Å². The lowest BCUT2D eigenvalue weighted by molar-refractivity contribution is -0.143. The van der Waals surface area contributed by atoms with Gasteiger partial charge in [-0.05, 0) is 33.6 Å². The predicted octanol–water partition coefficient (Wildman–Crippen LogP) is 0.994. The first kappa shape index (κ1) is 15.8. The summed E-state index contributed by atoms with van der Waals surface area (Å²) in [5.74, 6) is -1.15. The maximum Gasteiger partial charge on any atom is 0.320 e. The van der Waals surface area contributed by atoms with Gasteiger partial charge in [0.15, 0.2) is 0 Å². The Morgan fingerprint density at radius 3 is 2.42 bits per heavy atom. The number of carboxylic acids is 1. The van der Waals surface area contributed by atoms with Gasteiger partial charge < -0.3 is 20.0 Å². The van der Waals surface area contributed by atoms with Crippen molar-refractivity contribution in [2.45, 2.75) is 45.3 Å². The van der Waals surface area contributed by atoms with E-state index >= 15 is 0 Å². The van der Waals surface area contributed by atoms with Crippen LogP contribution in [0.25, 0.3) is 0 Å². The van der Waals surface area contributed by atoms with Crippen LogP contribution in [0.5, 0.6) is 0 Å². The van der Waals surface area contributed by atoms with Crippen LogP contribution < -0.4 is 0 Å². The molecule has 6 nitrogen and oxygen atoms in total. The van der Waals surface area contributed by atoms with Gasteiger partial charge in [-0.2, -0.15) is 0 Å². The topological polar surface area (TPSA) is 81.1 Å². The molecule has 0 aromatic rings. The molecular formula is C13H24N2O4. The molecule has 110 valence electrons. The van der Waals surface area contributed by atoms with Gasteiger partial charge in [0, 0.05) is 19.6 Å². The van der Waals surface area contributed by atoms with E-state index in [-0.39, 0.29) is 24.5 Å². The number of likely N-dealkylation sites (N-methyl/N-ethyl adjacent to an activating group) is 1. The molecule has 1 aliphatic rings. The van der Waals surface area contributed by atoms with E-state index in [1.807, 2.05) is 6.92 Å². The van der Waals surface area contributed by atoms with Crippen molar-refractivity contribution in [1.29, 1.82) is 0 Å². The molecule has 0 aliphatic carbocycles. The molecule has 0 radical (unpaired) electrons.